The van der Waals surface area contributed by atoms with Crippen LogP contribution in [-0.2, 0) is 0 Å². The molecule has 0 aliphatic heterocycles. The van der Waals surface area contributed by atoms with Gasteiger partial charge in [0.1, 0.15) is 0 Å². The molecule has 0 heterocycles. The zero-order chi connectivity index (χ0) is 4.24. The SMILES string of the molecule is [CH3-].[U+2].[c-]1ccccc1. The minimum absolute atomic E-state index is 0. The van der Waals surface area contributed by atoms with Crippen molar-refractivity contribution in [1.82, 2.24) is 0 Å². The Morgan fingerprint density at radius 2 is 1.38 bits per heavy atom. The van der Waals surface area contributed by atoms with Gasteiger partial charge in [0, 0.05) is 0 Å². The van der Waals surface area contributed by atoms with Gasteiger partial charge in [0.25, 0.3) is 0 Å². The molecule has 0 saturated carbocycles. The first-order chi connectivity index (χ1) is 3.00. The molecule has 8 heavy (non-hydrogen) atoms. The third-order valence-electron chi connectivity index (χ3n) is 0.607. The van der Waals surface area contributed by atoms with E-state index in [4.69, 9.17) is 0 Å². The molecule has 1 aromatic carbocycles. The van der Waals surface area contributed by atoms with Crippen molar-refractivity contribution in [3.63, 3.8) is 0 Å². The predicted octanol–water partition coefficient (Wildman–Crippen LogP) is 1.94. The van der Waals surface area contributed by atoms with Gasteiger partial charge in [-0.25, -0.2) is 0 Å². The summed E-state index contributed by atoms with van der Waals surface area (Å²) in [5.41, 5.74) is 0. The van der Waals surface area contributed by atoms with E-state index in [2.05, 4.69) is 6.07 Å². The molecule has 0 spiro atoms. The van der Waals surface area contributed by atoms with Crippen LogP contribution in [-0.4, -0.2) is 0 Å². The summed E-state index contributed by atoms with van der Waals surface area (Å²) in [5.74, 6) is 0. The van der Waals surface area contributed by atoms with Gasteiger partial charge in [-0.05, 0) is 0 Å². The molecular formula is C7H8U. The molecule has 0 atom stereocenters. The molecule has 1 rings (SSSR count). The van der Waals surface area contributed by atoms with E-state index in [0.29, 0.717) is 0 Å². The van der Waals surface area contributed by atoms with Crippen LogP contribution in [0.15, 0.2) is 30.3 Å². The molecule has 0 aliphatic carbocycles. The maximum atomic E-state index is 2.89. The molecule has 0 N–H and O–H groups in total. The third-order valence-corrected chi connectivity index (χ3v) is 0.607. The fraction of sp³-hybridized carbons (Fsp3) is 0. The van der Waals surface area contributed by atoms with Crippen molar-refractivity contribution in [1.29, 1.82) is 0 Å². The Labute approximate surface area is 74.7 Å². The van der Waals surface area contributed by atoms with Crippen molar-refractivity contribution in [3.8, 4) is 0 Å². The standard InChI is InChI=1S/C6H5.CH3.U/c1-2-4-6-5-3-1;;/h1-5H;1H3;/q2*-1;+2. The van der Waals surface area contributed by atoms with Gasteiger partial charge in [-0.2, -0.15) is 36.4 Å². The van der Waals surface area contributed by atoms with Gasteiger partial charge in [0.05, 0.1) is 0 Å². The summed E-state index contributed by atoms with van der Waals surface area (Å²) in [4.78, 5) is 0. The summed E-state index contributed by atoms with van der Waals surface area (Å²) in [6, 6.07) is 12.5. The normalized spacial score (nSPS) is 6.00. The molecule has 0 fully saturated rings. The predicted molar refractivity (Wildman–Crippen MR) is 31.7 cm³/mol. The van der Waals surface area contributed by atoms with E-state index in [1.165, 1.54) is 0 Å². The smallest absolute Gasteiger partial charge is 0.358 e. The van der Waals surface area contributed by atoms with Crippen molar-refractivity contribution in [2.45, 2.75) is 0 Å². The number of hydrogen-bond donors (Lipinski definition) is 0. The average molecular weight is 330 g/mol. The van der Waals surface area contributed by atoms with E-state index < -0.39 is 0 Å². The topological polar surface area (TPSA) is 0 Å². The number of hydrogen-bond acceptors (Lipinski definition) is 0. The molecule has 0 unspecified atom stereocenters. The van der Waals surface area contributed by atoms with E-state index >= 15 is 0 Å². The molecule has 0 amide bonds. The Morgan fingerprint density at radius 1 is 0.875 bits per heavy atom. The minimum Gasteiger partial charge on any atom is -0.358 e. The van der Waals surface area contributed by atoms with Crippen LogP contribution in [0.3, 0.4) is 0 Å². The summed E-state index contributed by atoms with van der Waals surface area (Å²) in [6.45, 7) is 0. The maximum Gasteiger partial charge on any atom is 2.00 e. The minimum atomic E-state index is 0. The van der Waals surface area contributed by atoms with Crippen molar-refractivity contribution in [2.24, 2.45) is 0 Å². The summed E-state index contributed by atoms with van der Waals surface area (Å²) in [6.07, 6.45) is 0. The molecule has 1 aromatic rings. The van der Waals surface area contributed by atoms with E-state index in [0.717, 1.165) is 0 Å². The first-order valence-electron chi connectivity index (χ1n) is 1.91. The Hall–Kier alpha value is 0.272. The molecule has 0 bridgehead atoms. The molecule has 1 heteroatoms. The van der Waals surface area contributed by atoms with Crippen molar-refractivity contribution in [2.75, 3.05) is 0 Å². The zero-order valence-electron chi connectivity index (χ0n) is 4.89. The second-order valence-corrected chi connectivity index (χ2v) is 1.08. The van der Waals surface area contributed by atoms with Gasteiger partial charge in [-0.1, -0.05) is 0 Å². The fourth-order valence-corrected chi connectivity index (χ4v) is 0.342. The van der Waals surface area contributed by atoms with Gasteiger partial charge in [-0.3, -0.25) is 0 Å². The summed E-state index contributed by atoms with van der Waals surface area (Å²) in [5, 5.41) is 0. The van der Waals surface area contributed by atoms with Crippen molar-refractivity contribution in [3.05, 3.63) is 43.8 Å². The summed E-state index contributed by atoms with van der Waals surface area (Å²) in [7, 11) is 0. The van der Waals surface area contributed by atoms with E-state index in [1.54, 1.807) is 0 Å². The van der Waals surface area contributed by atoms with Gasteiger partial charge < -0.3 is 7.43 Å². The summed E-state index contributed by atoms with van der Waals surface area (Å²) >= 11 is 0. The Kier molecular flexibility index (Phi) is 10.1. The first-order valence-corrected chi connectivity index (χ1v) is 1.91. The Bertz CT molecular complexity index is 76.3. The van der Waals surface area contributed by atoms with E-state index in [1.807, 2.05) is 30.3 Å². The number of benzene rings is 1. The second kappa shape index (κ2) is 7.27. The third kappa shape index (κ3) is 4.43. The molecule has 40 valence electrons. The van der Waals surface area contributed by atoms with Crippen LogP contribution in [0.1, 0.15) is 0 Å². The van der Waals surface area contributed by atoms with Crippen LogP contribution >= 0.6 is 0 Å². The fourth-order valence-electron chi connectivity index (χ4n) is 0.342. The molecule has 0 radical (unpaired) electrons. The zero-order valence-corrected chi connectivity index (χ0v) is 9.05. The van der Waals surface area contributed by atoms with Crippen molar-refractivity contribution >= 4 is 0 Å². The first kappa shape index (κ1) is 11.1. The van der Waals surface area contributed by atoms with Gasteiger partial charge in [0.2, 0.25) is 0 Å². The quantitative estimate of drug-likeness (QED) is 0.638. The van der Waals surface area contributed by atoms with Gasteiger partial charge in [-0.15, -0.1) is 0 Å². The van der Waals surface area contributed by atoms with E-state index in [9.17, 15) is 0 Å². The van der Waals surface area contributed by atoms with Crippen LogP contribution in [0.2, 0.25) is 0 Å². The Balaban J connectivity index is 0. The monoisotopic (exact) mass is 330 g/mol. The van der Waals surface area contributed by atoms with Gasteiger partial charge >= 0.3 is 31.1 Å². The van der Waals surface area contributed by atoms with Crippen LogP contribution in [0.25, 0.3) is 0 Å². The van der Waals surface area contributed by atoms with Crippen molar-refractivity contribution < 1.29 is 31.1 Å². The second-order valence-electron chi connectivity index (χ2n) is 1.08. The van der Waals surface area contributed by atoms with Crippen LogP contribution in [0.5, 0.6) is 0 Å². The molecule has 0 aliphatic rings. The maximum absolute atomic E-state index is 2.89. The van der Waals surface area contributed by atoms with Crippen LogP contribution in [0.4, 0.5) is 0 Å². The van der Waals surface area contributed by atoms with Crippen LogP contribution in [0, 0.1) is 44.6 Å². The van der Waals surface area contributed by atoms with Crippen LogP contribution < -0.4 is 0 Å². The summed E-state index contributed by atoms with van der Waals surface area (Å²) < 4.78 is 0. The molecule has 0 nitrogen and oxygen atoms in total. The molecule has 0 aromatic heterocycles. The van der Waals surface area contributed by atoms with Gasteiger partial charge in [0.15, 0.2) is 0 Å². The molecular weight excluding hydrogens is 322 g/mol. The largest absolute Gasteiger partial charge is 2.00 e. The Morgan fingerprint density at radius 3 is 1.50 bits per heavy atom. The average Bonchev–Trinajstić information content (AvgIpc) is 1.72. The number of rotatable bonds is 0. The van der Waals surface area contributed by atoms with E-state index in [-0.39, 0.29) is 38.5 Å². The molecule has 0 saturated heterocycles.